The lowest BCUT2D eigenvalue weighted by Crippen LogP contribution is -2.34. The molecule has 3 aromatic rings. The minimum Gasteiger partial charge on any atom is -0.494 e. The molecule has 1 fully saturated rings. The lowest BCUT2D eigenvalue weighted by molar-refractivity contribution is 0.0600. The van der Waals surface area contributed by atoms with Gasteiger partial charge in [0.15, 0.2) is 5.56 Å². The fourth-order valence-corrected chi connectivity index (χ4v) is 4.09. The number of nitrogens with zero attached hydrogens (tertiary/aromatic N) is 3. The van der Waals surface area contributed by atoms with Crippen LogP contribution in [0.25, 0.3) is 5.65 Å². The van der Waals surface area contributed by atoms with Crippen LogP contribution in [0.15, 0.2) is 27.6 Å². The number of amides is 1. The van der Waals surface area contributed by atoms with Crippen molar-refractivity contribution >= 4 is 56.7 Å². The Morgan fingerprint density at radius 1 is 1.29 bits per heavy atom. The highest BCUT2D eigenvalue weighted by atomic mass is 79.9. The van der Waals surface area contributed by atoms with E-state index in [1.807, 2.05) is 0 Å². The summed E-state index contributed by atoms with van der Waals surface area (Å²) < 4.78 is 7.32. The summed E-state index contributed by atoms with van der Waals surface area (Å²) in [6.07, 6.45) is 1.63. The number of benzene rings is 1. The van der Waals surface area contributed by atoms with Crippen LogP contribution in [0.2, 0.25) is 10.0 Å². The topological polar surface area (TPSA) is 115 Å². The number of esters is 1. The van der Waals surface area contributed by atoms with Crippen molar-refractivity contribution in [2.75, 3.05) is 7.11 Å². The Bertz CT molecular complexity index is 1280. The van der Waals surface area contributed by atoms with E-state index in [2.05, 4.69) is 31.1 Å². The molecule has 1 aliphatic rings. The van der Waals surface area contributed by atoms with E-state index in [1.54, 1.807) is 0 Å². The molecule has 0 spiro atoms. The molecule has 0 atom stereocenters. The number of nitrogens with one attached hydrogen (secondary N) is 1. The lowest BCUT2D eigenvalue weighted by Gasteiger charge is -2.16. The summed E-state index contributed by atoms with van der Waals surface area (Å²) in [6.45, 7) is -0.101. The Labute approximate surface area is 193 Å². The number of hydrogen-bond donors (Lipinski definition) is 2. The Kier molecular flexibility index (Phi) is 5.71. The van der Waals surface area contributed by atoms with Gasteiger partial charge in [-0.25, -0.2) is 4.79 Å². The predicted octanol–water partition coefficient (Wildman–Crippen LogP) is 3.00. The first-order chi connectivity index (χ1) is 14.7. The van der Waals surface area contributed by atoms with E-state index in [1.165, 1.54) is 29.9 Å². The number of hydrogen-bond acceptors (Lipinski definition) is 6. The number of aromatic nitrogens is 3. The second-order valence-electron chi connectivity index (χ2n) is 6.98. The average molecular weight is 530 g/mol. The normalized spacial score (nSPS) is 13.4. The van der Waals surface area contributed by atoms with Gasteiger partial charge in [-0.1, -0.05) is 23.2 Å². The third-order valence-corrected chi connectivity index (χ3v) is 5.90. The second kappa shape index (κ2) is 8.18. The molecule has 162 valence electrons. The van der Waals surface area contributed by atoms with Crippen molar-refractivity contribution in [3.05, 3.63) is 59.9 Å². The quantitative estimate of drug-likeness (QED) is 0.491. The number of methoxy groups -OCH3 is 1. The molecule has 0 saturated heterocycles. The number of halogens is 3. The molecule has 0 unspecified atom stereocenters. The molecule has 2 N–H and O–H groups in total. The van der Waals surface area contributed by atoms with Crippen LogP contribution in [0.1, 0.15) is 39.1 Å². The molecule has 1 saturated carbocycles. The molecule has 2 aromatic heterocycles. The van der Waals surface area contributed by atoms with Crippen molar-refractivity contribution in [3.63, 3.8) is 0 Å². The SMILES string of the molecule is COC(=O)c1cc(Cl)c(Cn2c(O)c(C(=O)NC3CC3)c(=O)n3nc(Br)cc23)c(Cl)c1. The van der Waals surface area contributed by atoms with Crippen LogP contribution in [0.4, 0.5) is 0 Å². The lowest BCUT2D eigenvalue weighted by atomic mass is 10.1. The molecular weight excluding hydrogens is 515 g/mol. The second-order valence-corrected chi connectivity index (χ2v) is 8.61. The van der Waals surface area contributed by atoms with Gasteiger partial charge in [0.25, 0.3) is 11.5 Å². The van der Waals surface area contributed by atoms with Gasteiger partial charge in [-0.3, -0.25) is 14.2 Å². The molecule has 12 heteroatoms. The Morgan fingerprint density at radius 3 is 2.52 bits per heavy atom. The van der Waals surface area contributed by atoms with E-state index >= 15 is 0 Å². The van der Waals surface area contributed by atoms with E-state index in [0.717, 1.165) is 17.4 Å². The van der Waals surface area contributed by atoms with Gasteiger partial charge in [0.05, 0.1) is 19.2 Å². The third kappa shape index (κ3) is 4.02. The highest BCUT2D eigenvalue weighted by molar-refractivity contribution is 9.10. The largest absolute Gasteiger partial charge is 0.494 e. The summed E-state index contributed by atoms with van der Waals surface area (Å²) in [7, 11) is 1.23. The molecule has 0 radical (unpaired) electrons. The van der Waals surface area contributed by atoms with Crippen molar-refractivity contribution in [1.82, 2.24) is 19.5 Å². The maximum atomic E-state index is 12.8. The van der Waals surface area contributed by atoms with Gasteiger partial charge in [-0.05, 0) is 40.9 Å². The van der Waals surface area contributed by atoms with Crippen LogP contribution < -0.4 is 10.9 Å². The minimum absolute atomic E-state index is 0.0189. The Morgan fingerprint density at radius 2 is 1.94 bits per heavy atom. The maximum absolute atomic E-state index is 12.8. The van der Waals surface area contributed by atoms with Gasteiger partial charge in [-0.2, -0.15) is 9.61 Å². The van der Waals surface area contributed by atoms with E-state index in [9.17, 15) is 19.5 Å². The zero-order valence-electron chi connectivity index (χ0n) is 16.0. The molecule has 1 aromatic carbocycles. The van der Waals surface area contributed by atoms with Crippen molar-refractivity contribution < 1.29 is 19.4 Å². The summed E-state index contributed by atoms with van der Waals surface area (Å²) in [5.41, 5.74) is -0.462. The Hall–Kier alpha value is -2.56. The number of aromatic hydroxyl groups is 1. The number of rotatable bonds is 5. The van der Waals surface area contributed by atoms with Crippen LogP contribution in [0.5, 0.6) is 5.88 Å². The minimum atomic E-state index is -0.758. The monoisotopic (exact) mass is 528 g/mol. The standard InChI is InChI=1S/C19H15BrCl2N4O5/c1-31-19(30)8-4-11(21)10(12(22)5-8)7-25-14-6-13(20)24-26(14)18(29)15(17(25)28)16(27)23-9-2-3-9/h4-6,9,28H,2-3,7H2,1H3,(H,23,27). The highest BCUT2D eigenvalue weighted by Crippen LogP contribution is 2.31. The first kappa shape index (κ1) is 21.7. The van der Waals surface area contributed by atoms with Gasteiger partial charge in [0.1, 0.15) is 10.3 Å². The smallest absolute Gasteiger partial charge is 0.337 e. The van der Waals surface area contributed by atoms with Crippen LogP contribution in [0, 0.1) is 0 Å². The van der Waals surface area contributed by atoms with Crippen molar-refractivity contribution in [3.8, 4) is 5.88 Å². The summed E-state index contributed by atoms with van der Waals surface area (Å²) in [5, 5.41) is 17.9. The fourth-order valence-electron chi connectivity index (χ4n) is 3.12. The van der Waals surface area contributed by atoms with Gasteiger partial charge < -0.3 is 15.2 Å². The fraction of sp³-hybridized carbons (Fsp3) is 0.263. The molecular formula is C19H15BrCl2N4O5. The van der Waals surface area contributed by atoms with Gasteiger partial charge >= 0.3 is 5.97 Å². The highest BCUT2D eigenvalue weighted by Gasteiger charge is 2.29. The van der Waals surface area contributed by atoms with Gasteiger partial charge in [0, 0.05) is 27.7 Å². The summed E-state index contributed by atoms with van der Waals surface area (Å²) in [4.78, 5) is 37.3. The first-order valence-corrected chi connectivity index (χ1v) is 10.6. The third-order valence-electron chi connectivity index (χ3n) is 4.84. The van der Waals surface area contributed by atoms with Gasteiger partial charge in [-0.15, -0.1) is 0 Å². The van der Waals surface area contributed by atoms with Crippen molar-refractivity contribution in [1.29, 1.82) is 0 Å². The van der Waals surface area contributed by atoms with Crippen molar-refractivity contribution in [2.24, 2.45) is 0 Å². The van der Waals surface area contributed by atoms with Crippen LogP contribution >= 0.6 is 39.1 Å². The number of carbonyl (C=O) groups is 2. The molecule has 1 aliphatic carbocycles. The predicted molar refractivity (Wildman–Crippen MR) is 116 cm³/mol. The first-order valence-electron chi connectivity index (χ1n) is 9.09. The molecule has 9 nitrogen and oxygen atoms in total. The molecule has 4 rings (SSSR count). The molecule has 31 heavy (non-hydrogen) atoms. The zero-order chi connectivity index (χ0) is 22.4. The Balaban J connectivity index is 1.87. The van der Waals surface area contributed by atoms with E-state index < -0.39 is 28.9 Å². The summed E-state index contributed by atoms with van der Waals surface area (Å²) >= 11 is 15.9. The van der Waals surface area contributed by atoms with Crippen LogP contribution in [0.3, 0.4) is 0 Å². The van der Waals surface area contributed by atoms with E-state index in [0.29, 0.717) is 10.2 Å². The molecule has 0 aliphatic heterocycles. The molecule has 1 amide bonds. The van der Waals surface area contributed by atoms with E-state index in [-0.39, 0.29) is 33.8 Å². The van der Waals surface area contributed by atoms with Crippen LogP contribution in [-0.4, -0.2) is 44.3 Å². The van der Waals surface area contributed by atoms with Crippen molar-refractivity contribution in [2.45, 2.75) is 25.4 Å². The summed E-state index contributed by atoms with van der Waals surface area (Å²) in [5.74, 6) is -1.85. The molecule has 0 bridgehead atoms. The summed E-state index contributed by atoms with van der Waals surface area (Å²) in [6, 6.07) is 4.26. The number of carbonyl (C=O) groups excluding carboxylic acids is 2. The number of fused-ring (bicyclic) bond motifs is 1. The average Bonchev–Trinajstić information content (AvgIpc) is 3.44. The molecule has 2 heterocycles. The van der Waals surface area contributed by atoms with Gasteiger partial charge in [0.2, 0.25) is 5.88 Å². The van der Waals surface area contributed by atoms with Crippen LogP contribution in [-0.2, 0) is 11.3 Å². The van der Waals surface area contributed by atoms with E-state index in [4.69, 9.17) is 23.2 Å². The zero-order valence-corrected chi connectivity index (χ0v) is 19.1. The maximum Gasteiger partial charge on any atom is 0.337 e. The number of ether oxygens (including phenoxy) is 1.